The van der Waals surface area contributed by atoms with Gasteiger partial charge in [-0.2, -0.15) is 0 Å². The molecule has 5 heteroatoms. The number of hydrogen-bond acceptors (Lipinski definition) is 5. The predicted molar refractivity (Wildman–Crippen MR) is 72.9 cm³/mol. The first-order valence-electron chi connectivity index (χ1n) is 5.96. The van der Waals surface area contributed by atoms with E-state index in [4.69, 9.17) is 5.84 Å². The van der Waals surface area contributed by atoms with Crippen LogP contribution in [0.3, 0.4) is 0 Å². The number of para-hydroxylation sites is 1. The summed E-state index contributed by atoms with van der Waals surface area (Å²) in [5.41, 5.74) is 5.53. The summed E-state index contributed by atoms with van der Waals surface area (Å²) in [5.74, 6) is 5.69. The molecule has 3 aromatic rings. The van der Waals surface area contributed by atoms with Crippen molar-refractivity contribution >= 4 is 10.9 Å². The van der Waals surface area contributed by atoms with Crippen molar-refractivity contribution in [2.24, 2.45) is 5.84 Å². The molecule has 2 aromatic heterocycles. The van der Waals surface area contributed by atoms with E-state index in [1.165, 1.54) is 6.33 Å². The molecule has 0 fully saturated rings. The Morgan fingerprint density at radius 2 is 1.89 bits per heavy atom. The summed E-state index contributed by atoms with van der Waals surface area (Å²) in [6.45, 7) is 0. The molecule has 5 nitrogen and oxygen atoms in total. The number of pyridine rings is 1. The number of nitrogens with two attached hydrogens (primary N) is 1. The van der Waals surface area contributed by atoms with Gasteiger partial charge < -0.3 is 0 Å². The third-order valence-corrected chi connectivity index (χ3v) is 3.04. The zero-order chi connectivity index (χ0) is 13.1. The maximum atomic E-state index is 5.69. The van der Waals surface area contributed by atoms with Crippen LogP contribution in [0.25, 0.3) is 10.9 Å². The van der Waals surface area contributed by atoms with Crippen LogP contribution >= 0.6 is 0 Å². The molecule has 0 saturated heterocycles. The lowest BCUT2D eigenvalue weighted by atomic mass is 10.0. The van der Waals surface area contributed by atoms with Crippen LogP contribution in [-0.2, 0) is 0 Å². The Kier molecular flexibility index (Phi) is 3.14. The van der Waals surface area contributed by atoms with Gasteiger partial charge in [0.05, 0.1) is 17.3 Å². The molecule has 0 radical (unpaired) electrons. The molecule has 0 aliphatic heterocycles. The highest BCUT2D eigenvalue weighted by Crippen LogP contribution is 2.25. The summed E-state index contributed by atoms with van der Waals surface area (Å²) in [4.78, 5) is 12.6. The van der Waals surface area contributed by atoms with Gasteiger partial charge in [-0.3, -0.25) is 10.8 Å². The van der Waals surface area contributed by atoms with Gasteiger partial charge >= 0.3 is 0 Å². The number of fused-ring (bicyclic) bond motifs is 1. The van der Waals surface area contributed by atoms with Crippen LogP contribution in [-0.4, -0.2) is 15.0 Å². The number of benzene rings is 1. The maximum Gasteiger partial charge on any atom is 0.115 e. The zero-order valence-corrected chi connectivity index (χ0v) is 10.2. The number of hydrazine groups is 1. The van der Waals surface area contributed by atoms with Gasteiger partial charge in [-0.15, -0.1) is 0 Å². The van der Waals surface area contributed by atoms with Gasteiger partial charge in [0, 0.05) is 23.3 Å². The molecule has 1 aromatic carbocycles. The number of nitrogens with zero attached hydrogens (tertiary/aromatic N) is 3. The smallest absolute Gasteiger partial charge is 0.115 e. The number of hydrogen-bond donors (Lipinski definition) is 2. The highest BCUT2D eigenvalue weighted by atomic mass is 15.2. The van der Waals surface area contributed by atoms with Crippen molar-refractivity contribution in [3.05, 3.63) is 66.4 Å². The van der Waals surface area contributed by atoms with Crippen molar-refractivity contribution in [1.29, 1.82) is 0 Å². The molecule has 1 unspecified atom stereocenters. The van der Waals surface area contributed by atoms with Crippen molar-refractivity contribution in [2.75, 3.05) is 0 Å². The molecule has 0 spiro atoms. The summed E-state index contributed by atoms with van der Waals surface area (Å²) >= 11 is 0. The first-order chi connectivity index (χ1) is 9.40. The fourth-order valence-electron chi connectivity index (χ4n) is 2.17. The Morgan fingerprint density at radius 1 is 1.00 bits per heavy atom. The van der Waals surface area contributed by atoms with Crippen LogP contribution in [0.4, 0.5) is 0 Å². The molecule has 0 bridgehead atoms. The van der Waals surface area contributed by atoms with Crippen LogP contribution in [0.1, 0.15) is 17.3 Å². The number of aromatic nitrogens is 3. The van der Waals surface area contributed by atoms with Gasteiger partial charge in [0.25, 0.3) is 0 Å². The summed E-state index contributed by atoms with van der Waals surface area (Å²) in [6.07, 6.45) is 4.99. The van der Waals surface area contributed by atoms with Gasteiger partial charge in [-0.1, -0.05) is 24.3 Å². The van der Waals surface area contributed by atoms with E-state index in [2.05, 4.69) is 20.4 Å². The Labute approximate surface area is 110 Å². The monoisotopic (exact) mass is 251 g/mol. The van der Waals surface area contributed by atoms with E-state index in [0.29, 0.717) is 0 Å². The Bertz CT molecular complexity index is 678. The van der Waals surface area contributed by atoms with Crippen molar-refractivity contribution in [2.45, 2.75) is 6.04 Å². The lowest BCUT2D eigenvalue weighted by Gasteiger charge is -2.17. The molecule has 94 valence electrons. The Balaban J connectivity index is 2.17. The number of nitrogens with one attached hydrogen (secondary N) is 1. The normalized spacial score (nSPS) is 12.5. The van der Waals surface area contributed by atoms with E-state index in [1.807, 2.05) is 36.4 Å². The van der Waals surface area contributed by atoms with E-state index in [-0.39, 0.29) is 6.04 Å². The molecule has 3 rings (SSSR count). The summed E-state index contributed by atoms with van der Waals surface area (Å²) in [6, 6.07) is 11.6. The lowest BCUT2D eigenvalue weighted by molar-refractivity contribution is 0.622. The molecule has 0 aliphatic carbocycles. The van der Waals surface area contributed by atoms with Gasteiger partial charge in [-0.05, 0) is 12.1 Å². The standard InChI is InChI=1S/C14H13N5/c15-19-14(12-6-8-16-9-18-12)11-5-1-3-10-4-2-7-17-13(10)11/h1-9,14,19H,15H2. The average molecular weight is 251 g/mol. The van der Waals surface area contributed by atoms with Gasteiger partial charge in [-0.25, -0.2) is 15.4 Å². The lowest BCUT2D eigenvalue weighted by Crippen LogP contribution is -2.29. The molecule has 0 aliphatic rings. The second-order valence-corrected chi connectivity index (χ2v) is 4.16. The summed E-state index contributed by atoms with van der Waals surface area (Å²) in [7, 11) is 0. The second-order valence-electron chi connectivity index (χ2n) is 4.16. The third kappa shape index (κ3) is 2.16. The molecule has 19 heavy (non-hydrogen) atoms. The minimum atomic E-state index is -0.207. The van der Waals surface area contributed by atoms with E-state index >= 15 is 0 Å². The maximum absolute atomic E-state index is 5.69. The highest BCUT2D eigenvalue weighted by Gasteiger charge is 2.16. The van der Waals surface area contributed by atoms with Gasteiger partial charge in [0.15, 0.2) is 0 Å². The molecule has 0 amide bonds. The molecule has 0 saturated carbocycles. The summed E-state index contributed by atoms with van der Waals surface area (Å²) in [5, 5.41) is 1.08. The minimum Gasteiger partial charge on any atom is -0.271 e. The minimum absolute atomic E-state index is 0.207. The van der Waals surface area contributed by atoms with Crippen LogP contribution < -0.4 is 11.3 Å². The number of rotatable bonds is 3. The van der Waals surface area contributed by atoms with E-state index in [9.17, 15) is 0 Å². The van der Waals surface area contributed by atoms with Crippen LogP contribution in [0.5, 0.6) is 0 Å². The molecular formula is C14H13N5. The van der Waals surface area contributed by atoms with Crippen LogP contribution in [0.15, 0.2) is 55.1 Å². The Morgan fingerprint density at radius 3 is 2.68 bits per heavy atom. The average Bonchev–Trinajstić information content (AvgIpc) is 2.49. The van der Waals surface area contributed by atoms with Gasteiger partial charge in [0.2, 0.25) is 0 Å². The Hall–Kier alpha value is -2.37. The topological polar surface area (TPSA) is 76.7 Å². The van der Waals surface area contributed by atoms with Gasteiger partial charge in [0.1, 0.15) is 6.33 Å². The third-order valence-electron chi connectivity index (χ3n) is 3.04. The van der Waals surface area contributed by atoms with Crippen LogP contribution in [0, 0.1) is 0 Å². The molecular weight excluding hydrogens is 238 g/mol. The fourth-order valence-corrected chi connectivity index (χ4v) is 2.17. The first-order valence-corrected chi connectivity index (χ1v) is 5.96. The first kappa shape index (κ1) is 11.7. The van der Waals surface area contributed by atoms with E-state index in [1.54, 1.807) is 12.4 Å². The predicted octanol–water partition coefficient (Wildman–Crippen LogP) is 1.58. The fraction of sp³-hybridized carbons (Fsp3) is 0.0714. The molecule has 2 heterocycles. The van der Waals surface area contributed by atoms with Crippen LogP contribution in [0.2, 0.25) is 0 Å². The highest BCUT2D eigenvalue weighted by molar-refractivity contribution is 5.82. The largest absolute Gasteiger partial charge is 0.271 e. The SMILES string of the molecule is NNC(c1ccncn1)c1cccc2cccnc12. The second kappa shape index (κ2) is 5.09. The zero-order valence-electron chi connectivity index (χ0n) is 10.2. The van der Waals surface area contributed by atoms with Crippen molar-refractivity contribution in [1.82, 2.24) is 20.4 Å². The van der Waals surface area contributed by atoms with Crippen molar-refractivity contribution < 1.29 is 0 Å². The van der Waals surface area contributed by atoms with E-state index < -0.39 is 0 Å². The quantitative estimate of drug-likeness (QED) is 0.546. The van der Waals surface area contributed by atoms with E-state index in [0.717, 1.165) is 22.2 Å². The van der Waals surface area contributed by atoms with Crippen molar-refractivity contribution in [3.8, 4) is 0 Å². The molecule has 3 N–H and O–H groups in total. The molecule has 1 atom stereocenters. The summed E-state index contributed by atoms with van der Waals surface area (Å²) < 4.78 is 0. The van der Waals surface area contributed by atoms with Crippen molar-refractivity contribution in [3.63, 3.8) is 0 Å².